The lowest BCUT2D eigenvalue weighted by molar-refractivity contribution is 0.294. The number of anilines is 1. The molecule has 1 rings (SSSR count). The topological polar surface area (TPSA) is 48.1 Å². The van der Waals surface area contributed by atoms with E-state index in [1.54, 1.807) is 18.3 Å². The van der Waals surface area contributed by atoms with Crippen molar-refractivity contribution in [3.63, 3.8) is 0 Å². The SMILES string of the molecule is CCCCCCOc1cc(N)ccn1. The van der Waals surface area contributed by atoms with Gasteiger partial charge >= 0.3 is 0 Å². The number of rotatable bonds is 6. The third kappa shape index (κ3) is 4.12. The van der Waals surface area contributed by atoms with E-state index in [1.165, 1.54) is 19.3 Å². The maximum atomic E-state index is 5.59. The summed E-state index contributed by atoms with van der Waals surface area (Å²) in [6.07, 6.45) is 6.49. The van der Waals surface area contributed by atoms with E-state index in [-0.39, 0.29) is 0 Å². The zero-order valence-electron chi connectivity index (χ0n) is 8.70. The molecule has 0 saturated carbocycles. The molecule has 0 saturated heterocycles. The Kier molecular flexibility index (Phi) is 4.83. The number of nitrogens with two attached hydrogens (primary N) is 1. The first-order valence-electron chi connectivity index (χ1n) is 5.17. The Balaban J connectivity index is 2.18. The van der Waals surface area contributed by atoms with Crippen LogP contribution in [0.15, 0.2) is 18.3 Å². The lowest BCUT2D eigenvalue weighted by Gasteiger charge is -2.04. The van der Waals surface area contributed by atoms with Crippen molar-refractivity contribution in [1.82, 2.24) is 4.98 Å². The van der Waals surface area contributed by atoms with E-state index in [0.29, 0.717) is 11.6 Å². The molecule has 0 amide bonds. The van der Waals surface area contributed by atoms with Gasteiger partial charge in [-0.15, -0.1) is 0 Å². The molecule has 2 N–H and O–H groups in total. The fourth-order valence-corrected chi connectivity index (χ4v) is 1.21. The summed E-state index contributed by atoms with van der Waals surface area (Å²) in [5, 5.41) is 0. The van der Waals surface area contributed by atoms with Crippen molar-refractivity contribution < 1.29 is 4.74 Å². The largest absolute Gasteiger partial charge is 0.478 e. The zero-order valence-corrected chi connectivity index (χ0v) is 8.70. The van der Waals surface area contributed by atoms with E-state index in [9.17, 15) is 0 Å². The highest BCUT2D eigenvalue weighted by atomic mass is 16.5. The van der Waals surface area contributed by atoms with Crippen molar-refractivity contribution in [1.29, 1.82) is 0 Å². The molecule has 1 aromatic rings. The lowest BCUT2D eigenvalue weighted by atomic mass is 10.2. The molecule has 0 radical (unpaired) electrons. The predicted octanol–water partition coefficient (Wildman–Crippen LogP) is 2.62. The molecule has 1 aromatic heterocycles. The third-order valence-electron chi connectivity index (χ3n) is 2.01. The van der Waals surface area contributed by atoms with Crippen molar-refractivity contribution in [2.24, 2.45) is 0 Å². The zero-order chi connectivity index (χ0) is 10.2. The van der Waals surface area contributed by atoms with Gasteiger partial charge in [0.1, 0.15) is 0 Å². The average molecular weight is 194 g/mol. The van der Waals surface area contributed by atoms with E-state index in [2.05, 4.69) is 11.9 Å². The van der Waals surface area contributed by atoms with Crippen LogP contribution in [0.2, 0.25) is 0 Å². The number of aromatic nitrogens is 1. The van der Waals surface area contributed by atoms with Crippen LogP contribution >= 0.6 is 0 Å². The maximum Gasteiger partial charge on any atom is 0.215 e. The second-order valence-electron chi connectivity index (χ2n) is 3.34. The van der Waals surface area contributed by atoms with Crippen LogP contribution < -0.4 is 10.5 Å². The van der Waals surface area contributed by atoms with Crippen LogP contribution in [-0.4, -0.2) is 11.6 Å². The number of hydrogen-bond donors (Lipinski definition) is 1. The molecule has 0 aliphatic rings. The Hall–Kier alpha value is -1.25. The van der Waals surface area contributed by atoms with Gasteiger partial charge in [0.2, 0.25) is 5.88 Å². The molecule has 0 aromatic carbocycles. The van der Waals surface area contributed by atoms with E-state index in [4.69, 9.17) is 10.5 Å². The van der Waals surface area contributed by atoms with Crippen LogP contribution in [0.3, 0.4) is 0 Å². The van der Waals surface area contributed by atoms with Crippen molar-refractivity contribution in [2.75, 3.05) is 12.3 Å². The maximum absolute atomic E-state index is 5.59. The first-order chi connectivity index (χ1) is 6.83. The first kappa shape index (κ1) is 10.8. The van der Waals surface area contributed by atoms with Crippen LogP contribution in [0.4, 0.5) is 5.69 Å². The number of nitrogen functional groups attached to an aromatic ring is 1. The molecule has 0 unspecified atom stereocenters. The summed E-state index contributed by atoms with van der Waals surface area (Å²) in [6.45, 7) is 2.93. The second-order valence-corrected chi connectivity index (χ2v) is 3.34. The van der Waals surface area contributed by atoms with E-state index < -0.39 is 0 Å². The molecule has 14 heavy (non-hydrogen) atoms. The lowest BCUT2D eigenvalue weighted by Crippen LogP contribution is -1.99. The van der Waals surface area contributed by atoms with Crippen LogP contribution in [0.25, 0.3) is 0 Å². The average Bonchev–Trinajstić information content (AvgIpc) is 2.18. The van der Waals surface area contributed by atoms with Gasteiger partial charge in [-0.3, -0.25) is 0 Å². The fourth-order valence-electron chi connectivity index (χ4n) is 1.21. The number of nitrogens with zero attached hydrogens (tertiary/aromatic N) is 1. The Morgan fingerprint density at radius 3 is 2.93 bits per heavy atom. The van der Waals surface area contributed by atoms with Gasteiger partial charge in [0.05, 0.1) is 6.61 Å². The minimum Gasteiger partial charge on any atom is -0.478 e. The van der Waals surface area contributed by atoms with Crippen LogP contribution in [-0.2, 0) is 0 Å². The second kappa shape index (κ2) is 6.24. The molecular weight excluding hydrogens is 176 g/mol. The molecule has 0 spiro atoms. The van der Waals surface area contributed by atoms with Gasteiger partial charge in [-0.25, -0.2) is 4.98 Å². The molecule has 0 aliphatic heterocycles. The minimum absolute atomic E-state index is 0.626. The van der Waals surface area contributed by atoms with Crippen molar-refractivity contribution in [3.8, 4) is 5.88 Å². The Morgan fingerprint density at radius 2 is 2.21 bits per heavy atom. The molecule has 0 fully saturated rings. The molecule has 0 aliphatic carbocycles. The molecule has 0 bridgehead atoms. The highest BCUT2D eigenvalue weighted by Gasteiger charge is 1.95. The van der Waals surface area contributed by atoms with Crippen LogP contribution in [0.5, 0.6) is 5.88 Å². The number of hydrogen-bond acceptors (Lipinski definition) is 3. The molecule has 3 nitrogen and oxygen atoms in total. The predicted molar refractivity (Wildman–Crippen MR) is 58.3 cm³/mol. The van der Waals surface area contributed by atoms with Crippen LogP contribution in [0.1, 0.15) is 32.6 Å². The highest BCUT2D eigenvalue weighted by molar-refractivity contribution is 5.39. The van der Waals surface area contributed by atoms with Crippen molar-refractivity contribution in [3.05, 3.63) is 18.3 Å². The standard InChI is InChI=1S/C11H18N2O/c1-2-3-4-5-8-14-11-9-10(12)6-7-13-11/h6-7,9H,2-5,8H2,1H3,(H2,12,13). The summed E-state index contributed by atoms with van der Waals surface area (Å²) < 4.78 is 5.44. The molecule has 1 heterocycles. The van der Waals surface area contributed by atoms with Gasteiger partial charge in [0, 0.05) is 18.0 Å². The Labute approximate surface area is 85.3 Å². The molecule has 78 valence electrons. The fraction of sp³-hybridized carbons (Fsp3) is 0.545. The number of ether oxygens (including phenoxy) is 1. The van der Waals surface area contributed by atoms with Crippen LogP contribution in [0, 0.1) is 0 Å². The van der Waals surface area contributed by atoms with Gasteiger partial charge in [-0.1, -0.05) is 26.2 Å². The first-order valence-corrected chi connectivity index (χ1v) is 5.17. The summed E-state index contributed by atoms with van der Waals surface area (Å²) in [6, 6.07) is 3.50. The monoisotopic (exact) mass is 194 g/mol. The summed E-state index contributed by atoms with van der Waals surface area (Å²) in [5.41, 5.74) is 6.29. The number of unbranched alkanes of at least 4 members (excludes halogenated alkanes) is 3. The molecular formula is C11H18N2O. The van der Waals surface area contributed by atoms with Gasteiger partial charge in [-0.05, 0) is 12.5 Å². The smallest absolute Gasteiger partial charge is 0.215 e. The van der Waals surface area contributed by atoms with Gasteiger partial charge < -0.3 is 10.5 Å². The van der Waals surface area contributed by atoms with Gasteiger partial charge in [0.15, 0.2) is 0 Å². The third-order valence-corrected chi connectivity index (χ3v) is 2.01. The Morgan fingerprint density at radius 1 is 1.36 bits per heavy atom. The van der Waals surface area contributed by atoms with Gasteiger partial charge in [0.25, 0.3) is 0 Å². The summed E-state index contributed by atoms with van der Waals surface area (Å²) in [4.78, 5) is 4.06. The van der Waals surface area contributed by atoms with E-state index in [1.807, 2.05) is 0 Å². The summed E-state index contributed by atoms with van der Waals surface area (Å²) in [5.74, 6) is 0.626. The van der Waals surface area contributed by atoms with E-state index >= 15 is 0 Å². The van der Waals surface area contributed by atoms with E-state index in [0.717, 1.165) is 13.0 Å². The highest BCUT2D eigenvalue weighted by Crippen LogP contribution is 2.11. The summed E-state index contributed by atoms with van der Waals surface area (Å²) in [7, 11) is 0. The quantitative estimate of drug-likeness (QED) is 0.708. The normalized spacial score (nSPS) is 10.1. The number of pyridine rings is 1. The minimum atomic E-state index is 0.626. The molecule has 0 atom stereocenters. The Bertz CT molecular complexity index is 263. The van der Waals surface area contributed by atoms with Crippen molar-refractivity contribution in [2.45, 2.75) is 32.6 Å². The van der Waals surface area contributed by atoms with Gasteiger partial charge in [-0.2, -0.15) is 0 Å². The summed E-state index contributed by atoms with van der Waals surface area (Å²) >= 11 is 0. The molecule has 3 heteroatoms. The van der Waals surface area contributed by atoms with Crippen molar-refractivity contribution >= 4 is 5.69 Å².